The number of alkyl halides is 3. The molecule has 0 saturated carbocycles. The van der Waals surface area contributed by atoms with Crippen molar-refractivity contribution < 1.29 is 37.3 Å². The van der Waals surface area contributed by atoms with Crippen LogP contribution in [0.15, 0.2) is 23.8 Å². The number of carboxylic acids is 1. The molecule has 9 heteroatoms. The number of benzene rings is 1. The van der Waals surface area contributed by atoms with Gasteiger partial charge in [0.2, 0.25) is 6.79 Å². The Morgan fingerprint density at radius 1 is 1.27 bits per heavy atom. The van der Waals surface area contributed by atoms with E-state index in [1.54, 1.807) is 6.07 Å². The van der Waals surface area contributed by atoms with E-state index >= 15 is 0 Å². The number of nitrogens with one attached hydrogen (secondary N) is 1. The van der Waals surface area contributed by atoms with E-state index in [1.807, 2.05) is 0 Å². The number of aliphatic carboxylic acids is 1. The first-order valence-corrected chi connectivity index (χ1v) is 5.96. The average Bonchev–Trinajstić information content (AvgIpc) is 2.89. The molecule has 0 saturated heterocycles. The summed E-state index contributed by atoms with van der Waals surface area (Å²) in [5.74, 6) is -2.76. The fourth-order valence-corrected chi connectivity index (χ4v) is 1.67. The van der Waals surface area contributed by atoms with E-state index in [0.29, 0.717) is 17.1 Å². The van der Waals surface area contributed by atoms with E-state index in [0.717, 1.165) is 6.08 Å². The predicted octanol–water partition coefficient (Wildman–Crippen LogP) is 1.56. The monoisotopic (exact) mass is 317 g/mol. The van der Waals surface area contributed by atoms with Crippen LogP contribution < -0.4 is 14.8 Å². The minimum absolute atomic E-state index is 0.0376. The molecule has 2 rings (SSSR count). The van der Waals surface area contributed by atoms with Gasteiger partial charge in [0, 0.05) is 0 Å². The van der Waals surface area contributed by atoms with Gasteiger partial charge in [0.1, 0.15) is 0 Å². The van der Waals surface area contributed by atoms with Gasteiger partial charge in [0.25, 0.3) is 0 Å². The maximum Gasteiger partial charge on any atom is 0.471 e. The molecule has 2 N–H and O–H groups in total. The Labute approximate surface area is 122 Å². The maximum atomic E-state index is 12.1. The summed E-state index contributed by atoms with van der Waals surface area (Å²) in [6.07, 6.45) is -3.93. The van der Waals surface area contributed by atoms with E-state index in [-0.39, 0.29) is 6.79 Å². The number of hydrogen-bond donors (Lipinski definition) is 2. The molecule has 1 heterocycles. The molecule has 0 aliphatic carbocycles. The molecule has 0 radical (unpaired) electrons. The van der Waals surface area contributed by atoms with Crippen LogP contribution in [0.4, 0.5) is 13.2 Å². The van der Waals surface area contributed by atoms with Crippen LogP contribution in [-0.4, -0.2) is 36.5 Å². The Morgan fingerprint density at radius 3 is 2.59 bits per heavy atom. The number of ether oxygens (including phenoxy) is 2. The Kier molecular flexibility index (Phi) is 4.25. The molecule has 0 fully saturated rings. The van der Waals surface area contributed by atoms with Crippen LogP contribution in [0, 0.1) is 0 Å². The van der Waals surface area contributed by atoms with Crippen molar-refractivity contribution in [3.8, 4) is 11.5 Å². The molecule has 1 aliphatic rings. The molecule has 0 aromatic heterocycles. The number of carbonyl (C=O) groups is 2. The second kappa shape index (κ2) is 5.96. The zero-order chi connectivity index (χ0) is 16.3. The van der Waals surface area contributed by atoms with Gasteiger partial charge in [-0.05, 0) is 23.8 Å². The lowest BCUT2D eigenvalue weighted by molar-refractivity contribution is -0.173. The highest BCUT2D eigenvalue weighted by molar-refractivity contribution is 5.94. The van der Waals surface area contributed by atoms with E-state index in [2.05, 4.69) is 0 Å². The van der Waals surface area contributed by atoms with Crippen molar-refractivity contribution in [2.45, 2.75) is 6.18 Å². The lowest BCUT2D eigenvalue weighted by atomic mass is 10.1. The largest absolute Gasteiger partial charge is 0.478 e. The Hall–Kier alpha value is -2.71. The molecule has 1 aromatic carbocycles. The summed E-state index contributed by atoms with van der Waals surface area (Å²) in [5.41, 5.74) is -0.0145. The van der Waals surface area contributed by atoms with Gasteiger partial charge < -0.3 is 19.9 Å². The summed E-state index contributed by atoms with van der Waals surface area (Å²) in [6.45, 7) is -0.724. The van der Waals surface area contributed by atoms with Gasteiger partial charge in [-0.2, -0.15) is 13.2 Å². The smallest absolute Gasteiger partial charge is 0.471 e. The third kappa shape index (κ3) is 3.68. The van der Waals surface area contributed by atoms with Gasteiger partial charge in [-0.1, -0.05) is 6.07 Å². The topological polar surface area (TPSA) is 84.9 Å². The van der Waals surface area contributed by atoms with Crippen LogP contribution in [0.5, 0.6) is 11.5 Å². The van der Waals surface area contributed by atoms with Crippen molar-refractivity contribution in [2.24, 2.45) is 0 Å². The first-order chi connectivity index (χ1) is 10.3. The first-order valence-electron chi connectivity index (χ1n) is 5.96. The second-order valence-corrected chi connectivity index (χ2v) is 4.27. The normalized spacial score (nSPS) is 13.9. The van der Waals surface area contributed by atoms with Gasteiger partial charge in [-0.15, -0.1) is 0 Å². The molecule has 0 bridgehead atoms. The minimum Gasteiger partial charge on any atom is -0.478 e. The standard InChI is InChI=1S/C13H10F3NO5/c14-13(15,16)12(20)17-5-8(11(18)19)3-7-1-2-9-10(4-7)22-6-21-9/h1-4H,5-6H2,(H,17,20)(H,18,19). The van der Waals surface area contributed by atoms with Crippen molar-refractivity contribution >= 4 is 18.0 Å². The van der Waals surface area contributed by atoms with Crippen LogP contribution in [0.1, 0.15) is 5.56 Å². The molecule has 1 amide bonds. The Bertz CT molecular complexity index is 639. The fourth-order valence-electron chi connectivity index (χ4n) is 1.67. The van der Waals surface area contributed by atoms with E-state index in [4.69, 9.17) is 14.6 Å². The zero-order valence-corrected chi connectivity index (χ0v) is 10.9. The predicted molar refractivity (Wildman–Crippen MR) is 67.2 cm³/mol. The molecule has 1 aromatic rings. The third-order valence-electron chi connectivity index (χ3n) is 2.71. The highest BCUT2D eigenvalue weighted by Crippen LogP contribution is 2.33. The summed E-state index contributed by atoms with van der Waals surface area (Å²) in [7, 11) is 0. The van der Waals surface area contributed by atoms with Crippen molar-refractivity contribution in [2.75, 3.05) is 13.3 Å². The molecular weight excluding hydrogens is 307 g/mol. The summed E-state index contributed by atoms with van der Waals surface area (Å²) < 4.78 is 46.4. The molecule has 0 spiro atoms. The molecule has 0 unspecified atom stereocenters. The number of carbonyl (C=O) groups excluding carboxylic acids is 1. The molecule has 0 atom stereocenters. The molecule has 1 aliphatic heterocycles. The van der Waals surface area contributed by atoms with E-state index in [9.17, 15) is 22.8 Å². The van der Waals surface area contributed by atoms with Gasteiger partial charge in [-0.25, -0.2) is 4.79 Å². The highest BCUT2D eigenvalue weighted by atomic mass is 19.4. The SMILES string of the molecule is O=C(O)C(=Cc1ccc2c(c1)OCO2)CNC(=O)C(F)(F)F. The fraction of sp³-hybridized carbons (Fsp3) is 0.231. The van der Waals surface area contributed by atoms with Crippen LogP contribution >= 0.6 is 0 Å². The number of hydrogen-bond acceptors (Lipinski definition) is 4. The van der Waals surface area contributed by atoms with Gasteiger partial charge in [-0.3, -0.25) is 4.79 Å². The minimum atomic E-state index is -5.07. The average molecular weight is 317 g/mol. The quantitative estimate of drug-likeness (QED) is 0.823. The van der Waals surface area contributed by atoms with Gasteiger partial charge in [0.05, 0.1) is 12.1 Å². The number of amides is 1. The van der Waals surface area contributed by atoms with Crippen molar-refractivity contribution in [1.29, 1.82) is 0 Å². The molecule has 6 nitrogen and oxygen atoms in total. The number of fused-ring (bicyclic) bond motifs is 1. The van der Waals surface area contributed by atoms with Crippen molar-refractivity contribution in [3.05, 3.63) is 29.3 Å². The molecule has 22 heavy (non-hydrogen) atoms. The zero-order valence-electron chi connectivity index (χ0n) is 10.9. The lowest BCUT2D eigenvalue weighted by Crippen LogP contribution is -2.38. The van der Waals surface area contributed by atoms with E-state index < -0.39 is 30.2 Å². The summed E-state index contributed by atoms with van der Waals surface area (Å²) in [4.78, 5) is 21.7. The number of halogens is 3. The highest BCUT2D eigenvalue weighted by Gasteiger charge is 2.38. The van der Waals surface area contributed by atoms with Crippen molar-refractivity contribution in [3.63, 3.8) is 0 Å². The summed E-state index contributed by atoms with van der Waals surface area (Å²) >= 11 is 0. The molecule has 118 valence electrons. The second-order valence-electron chi connectivity index (χ2n) is 4.27. The lowest BCUT2D eigenvalue weighted by Gasteiger charge is -2.08. The Balaban J connectivity index is 2.14. The van der Waals surface area contributed by atoms with Crippen LogP contribution in [0.25, 0.3) is 6.08 Å². The van der Waals surface area contributed by atoms with E-state index in [1.165, 1.54) is 17.4 Å². The first kappa shape index (κ1) is 15.7. The number of rotatable bonds is 4. The molecular formula is C13H10F3NO5. The van der Waals surface area contributed by atoms with Gasteiger partial charge in [0.15, 0.2) is 11.5 Å². The Morgan fingerprint density at radius 2 is 1.95 bits per heavy atom. The maximum absolute atomic E-state index is 12.1. The van der Waals surface area contributed by atoms with Crippen LogP contribution in [0.3, 0.4) is 0 Å². The summed E-state index contributed by atoms with van der Waals surface area (Å²) in [5, 5.41) is 10.5. The third-order valence-corrected chi connectivity index (χ3v) is 2.71. The number of carboxylic acid groups (broad SMARTS) is 1. The van der Waals surface area contributed by atoms with Crippen LogP contribution in [-0.2, 0) is 9.59 Å². The van der Waals surface area contributed by atoms with Crippen LogP contribution in [0.2, 0.25) is 0 Å². The summed E-state index contributed by atoms with van der Waals surface area (Å²) in [6, 6.07) is 4.54. The van der Waals surface area contributed by atoms with Crippen molar-refractivity contribution in [1.82, 2.24) is 5.32 Å². The van der Waals surface area contributed by atoms with Gasteiger partial charge >= 0.3 is 18.1 Å².